The van der Waals surface area contributed by atoms with Crippen LogP contribution in [0.25, 0.3) is 0 Å². The number of ketones is 1. The first-order valence-corrected chi connectivity index (χ1v) is 5.47. The molecule has 0 amide bonds. The summed E-state index contributed by atoms with van der Waals surface area (Å²) in [7, 11) is 1.29. The number of esters is 1. The second-order valence-electron chi connectivity index (χ2n) is 3.54. The van der Waals surface area contributed by atoms with E-state index in [1.807, 2.05) is 0 Å². The van der Waals surface area contributed by atoms with Crippen molar-refractivity contribution in [1.29, 1.82) is 0 Å². The molecule has 1 N–H and O–H groups in total. The second kappa shape index (κ2) is 7.25. The molecule has 0 aliphatic rings. The van der Waals surface area contributed by atoms with Crippen LogP contribution in [-0.4, -0.2) is 30.6 Å². The summed E-state index contributed by atoms with van der Waals surface area (Å²) < 4.78 is 4.47. The lowest BCUT2D eigenvalue weighted by molar-refractivity contribution is -0.140. The number of aliphatic hydroxyl groups is 1. The van der Waals surface area contributed by atoms with Crippen LogP contribution in [0.15, 0.2) is 24.3 Å². The summed E-state index contributed by atoms with van der Waals surface area (Å²) in [6, 6.07) is 6.71. The van der Waals surface area contributed by atoms with E-state index in [1.165, 1.54) is 7.11 Å². The van der Waals surface area contributed by atoms with E-state index in [0.717, 1.165) is 5.56 Å². The number of Topliss-reactive ketones (excluding diaryl/α,β-unsaturated/α-hetero) is 1. The molecule has 4 nitrogen and oxygen atoms in total. The molecule has 0 atom stereocenters. The molecule has 0 spiro atoms. The molecule has 18 heavy (non-hydrogen) atoms. The number of benzene rings is 1. The van der Waals surface area contributed by atoms with Gasteiger partial charge in [-0.25, -0.2) is 0 Å². The van der Waals surface area contributed by atoms with Crippen LogP contribution in [-0.2, 0) is 9.53 Å². The van der Waals surface area contributed by atoms with Gasteiger partial charge < -0.3 is 9.84 Å². The van der Waals surface area contributed by atoms with Gasteiger partial charge in [0.15, 0.2) is 5.78 Å². The van der Waals surface area contributed by atoms with E-state index in [0.29, 0.717) is 5.56 Å². The first-order chi connectivity index (χ1) is 8.67. The third-order valence-corrected chi connectivity index (χ3v) is 2.30. The highest BCUT2D eigenvalue weighted by Crippen LogP contribution is 2.08. The van der Waals surface area contributed by atoms with Gasteiger partial charge >= 0.3 is 5.97 Å². The van der Waals surface area contributed by atoms with Gasteiger partial charge in [-0.05, 0) is 12.1 Å². The fraction of sp³-hybridized carbons (Fsp3) is 0.286. The van der Waals surface area contributed by atoms with E-state index in [2.05, 4.69) is 16.6 Å². The molecule has 0 aliphatic carbocycles. The minimum absolute atomic E-state index is 0.0847. The molecule has 0 heterocycles. The standard InChI is InChI=1S/C14H14O4/c1-18-14(17)9-8-13(16)12-6-4-11(5-7-12)3-2-10-15/h4-7,15H,8-10H2,1H3. The number of rotatable bonds is 4. The lowest BCUT2D eigenvalue weighted by Gasteiger charge is -2.00. The van der Waals surface area contributed by atoms with Crippen molar-refractivity contribution >= 4 is 11.8 Å². The van der Waals surface area contributed by atoms with Crippen molar-refractivity contribution in [2.45, 2.75) is 12.8 Å². The van der Waals surface area contributed by atoms with Crippen molar-refractivity contribution in [3.05, 3.63) is 35.4 Å². The van der Waals surface area contributed by atoms with Crippen molar-refractivity contribution in [3.8, 4) is 11.8 Å². The lowest BCUT2D eigenvalue weighted by Crippen LogP contribution is -2.05. The van der Waals surface area contributed by atoms with Crippen LogP contribution >= 0.6 is 0 Å². The van der Waals surface area contributed by atoms with E-state index >= 15 is 0 Å². The first kappa shape index (κ1) is 13.9. The highest BCUT2D eigenvalue weighted by Gasteiger charge is 2.08. The van der Waals surface area contributed by atoms with Crippen LogP contribution in [0.1, 0.15) is 28.8 Å². The zero-order valence-corrected chi connectivity index (χ0v) is 10.1. The van der Waals surface area contributed by atoms with Crippen molar-refractivity contribution in [1.82, 2.24) is 0 Å². The minimum Gasteiger partial charge on any atom is -0.469 e. The van der Waals surface area contributed by atoms with Gasteiger partial charge in [-0.15, -0.1) is 0 Å². The molecule has 0 saturated heterocycles. The average molecular weight is 246 g/mol. The van der Waals surface area contributed by atoms with Crippen molar-refractivity contribution in [3.63, 3.8) is 0 Å². The maximum atomic E-state index is 11.7. The van der Waals surface area contributed by atoms with E-state index in [-0.39, 0.29) is 25.2 Å². The van der Waals surface area contributed by atoms with Gasteiger partial charge in [0.25, 0.3) is 0 Å². The minimum atomic E-state index is -0.395. The Morgan fingerprint density at radius 3 is 2.44 bits per heavy atom. The van der Waals surface area contributed by atoms with Crippen LogP contribution in [0.5, 0.6) is 0 Å². The largest absolute Gasteiger partial charge is 0.469 e. The molecule has 0 aliphatic heterocycles. The van der Waals surface area contributed by atoms with Crippen LogP contribution in [0.4, 0.5) is 0 Å². The second-order valence-corrected chi connectivity index (χ2v) is 3.54. The highest BCUT2D eigenvalue weighted by molar-refractivity contribution is 5.97. The molecule has 1 aromatic carbocycles. The number of ether oxygens (including phenoxy) is 1. The molecular formula is C14H14O4. The molecule has 0 fully saturated rings. The van der Waals surface area contributed by atoms with Gasteiger partial charge in [0.2, 0.25) is 0 Å². The topological polar surface area (TPSA) is 63.6 Å². The van der Waals surface area contributed by atoms with Gasteiger partial charge in [0.1, 0.15) is 6.61 Å². The fourth-order valence-corrected chi connectivity index (χ4v) is 1.34. The molecule has 0 radical (unpaired) electrons. The Kier molecular flexibility index (Phi) is 5.62. The Hall–Kier alpha value is -2.12. The third-order valence-electron chi connectivity index (χ3n) is 2.30. The van der Waals surface area contributed by atoms with Gasteiger partial charge in [-0.2, -0.15) is 0 Å². The van der Waals surface area contributed by atoms with Gasteiger partial charge in [0.05, 0.1) is 13.5 Å². The quantitative estimate of drug-likeness (QED) is 0.492. The van der Waals surface area contributed by atoms with E-state index in [9.17, 15) is 9.59 Å². The summed E-state index contributed by atoms with van der Waals surface area (Å²) >= 11 is 0. The monoisotopic (exact) mass is 246 g/mol. The third kappa shape index (κ3) is 4.40. The number of hydrogen-bond donors (Lipinski definition) is 1. The molecule has 0 aromatic heterocycles. The molecule has 4 heteroatoms. The van der Waals surface area contributed by atoms with Gasteiger partial charge in [-0.1, -0.05) is 24.0 Å². The Labute approximate surface area is 106 Å². The summed E-state index contributed by atoms with van der Waals surface area (Å²) in [4.78, 5) is 22.6. The zero-order valence-electron chi connectivity index (χ0n) is 10.1. The Morgan fingerprint density at radius 1 is 1.22 bits per heavy atom. The maximum Gasteiger partial charge on any atom is 0.305 e. The van der Waals surface area contributed by atoms with Gasteiger partial charge in [-0.3, -0.25) is 9.59 Å². The summed E-state index contributed by atoms with van der Waals surface area (Å²) in [6.07, 6.45) is 0.218. The van der Waals surface area contributed by atoms with Crippen molar-refractivity contribution in [2.75, 3.05) is 13.7 Å². The van der Waals surface area contributed by atoms with Crippen molar-refractivity contribution < 1.29 is 19.4 Å². The van der Waals surface area contributed by atoms with Crippen LogP contribution in [0.3, 0.4) is 0 Å². The molecule has 0 bridgehead atoms. The van der Waals surface area contributed by atoms with Crippen LogP contribution < -0.4 is 0 Å². The zero-order chi connectivity index (χ0) is 13.4. The highest BCUT2D eigenvalue weighted by atomic mass is 16.5. The van der Waals surface area contributed by atoms with E-state index in [4.69, 9.17) is 5.11 Å². The Balaban J connectivity index is 2.62. The molecule has 1 aromatic rings. The summed E-state index contributed by atoms with van der Waals surface area (Å²) in [5, 5.41) is 8.54. The lowest BCUT2D eigenvalue weighted by atomic mass is 10.0. The smallest absolute Gasteiger partial charge is 0.305 e. The number of aliphatic hydroxyl groups excluding tert-OH is 1. The maximum absolute atomic E-state index is 11.7. The number of methoxy groups -OCH3 is 1. The predicted octanol–water partition coefficient (Wildman–Crippen LogP) is 1.17. The molecular weight excluding hydrogens is 232 g/mol. The van der Waals surface area contributed by atoms with E-state index in [1.54, 1.807) is 24.3 Å². The van der Waals surface area contributed by atoms with Crippen LogP contribution in [0, 0.1) is 11.8 Å². The molecule has 0 unspecified atom stereocenters. The first-order valence-electron chi connectivity index (χ1n) is 5.47. The number of carbonyl (C=O) groups is 2. The summed E-state index contributed by atoms with van der Waals surface area (Å²) in [5.41, 5.74) is 1.27. The summed E-state index contributed by atoms with van der Waals surface area (Å²) in [6.45, 7) is -0.195. The predicted molar refractivity (Wildman–Crippen MR) is 66.0 cm³/mol. The molecule has 94 valence electrons. The summed E-state index contributed by atoms with van der Waals surface area (Å²) in [5.74, 6) is 4.75. The Bertz CT molecular complexity index is 477. The molecule has 1 rings (SSSR count). The van der Waals surface area contributed by atoms with Crippen molar-refractivity contribution in [2.24, 2.45) is 0 Å². The SMILES string of the molecule is COC(=O)CCC(=O)c1ccc(C#CCO)cc1. The van der Waals surface area contributed by atoms with Crippen LogP contribution in [0.2, 0.25) is 0 Å². The Morgan fingerprint density at radius 2 is 1.89 bits per heavy atom. The van der Waals surface area contributed by atoms with Gasteiger partial charge in [0, 0.05) is 17.5 Å². The average Bonchev–Trinajstić information content (AvgIpc) is 2.42. The molecule has 0 saturated carbocycles. The normalized spacial score (nSPS) is 9.22. The number of carbonyl (C=O) groups excluding carboxylic acids is 2. The van der Waals surface area contributed by atoms with E-state index < -0.39 is 5.97 Å². The number of hydrogen-bond acceptors (Lipinski definition) is 4. The fourth-order valence-electron chi connectivity index (χ4n) is 1.34.